The Morgan fingerprint density at radius 1 is 1.04 bits per heavy atom. The molecule has 0 bridgehead atoms. The van der Waals surface area contributed by atoms with Crippen molar-refractivity contribution in [3.05, 3.63) is 76.4 Å². The lowest BCUT2D eigenvalue weighted by Gasteiger charge is -2.24. The number of alkyl halides is 2. The van der Waals surface area contributed by atoms with Gasteiger partial charge in [-0.1, -0.05) is 17.7 Å². The van der Waals surface area contributed by atoms with Crippen molar-refractivity contribution in [2.75, 3.05) is 6.61 Å². The van der Waals surface area contributed by atoms with E-state index in [-0.39, 0.29) is 6.61 Å². The summed E-state index contributed by atoms with van der Waals surface area (Å²) < 4.78 is 62.3. The Kier molecular flexibility index (Phi) is 3.53. The van der Waals surface area contributed by atoms with Crippen LogP contribution in [0.1, 0.15) is 11.3 Å². The molecule has 2 nitrogen and oxygen atoms in total. The Hall–Kier alpha value is -2.18. The third-order valence-electron chi connectivity index (χ3n) is 4.28. The van der Waals surface area contributed by atoms with Crippen LogP contribution in [0.4, 0.5) is 17.6 Å². The van der Waals surface area contributed by atoms with Gasteiger partial charge >= 0.3 is 5.92 Å². The van der Waals surface area contributed by atoms with Gasteiger partial charge in [0.25, 0.3) is 0 Å². The average Bonchev–Trinajstić information content (AvgIpc) is 3.36. The van der Waals surface area contributed by atoms with Gasteiger partial charge in [0, 0.05) is 22.0 Å². The summed E-state index contributed by atoms with van der Waals surface area (Å²) in [6.45, 7) is -0.386. The van der Waals surface area contributed by atoms with Crippen LogP contribution in [0, 0.1) is 11.6 Å². The lowest BCUT2D eigenvalue weighted by Crippen LogP contribution is -2.34. The highest BCUT2D eigenvalue weighted by Gasteiger charge is 2.68. The van der Waals surface area contributed by atoms with Gasteiger partial charge in [-0.3, -0.25) is 0 Å². The van der Waals surface area contributed by atoms with Gasteiger partial charge in [0.2, 0.25) is 0 Å². The summed E-state index contributed by atoms with van der Waals surface area (Å²) in [5.41, 5.74) is -2.80. The molecular formula is C18H10ClF4NO. The van der Waals surface area contributed by atoms with Gasteiger partial charge < -0.3 is 4.74 Å². The predicted octanol–water partition coefficient (Wildman–Crippen LogP) is 5.18. The highest BCUT2D eigenvalue weighted by molar-refractivity contribution is 6.31. The maximum Gasteiger partial charge on any atom is 0.324 e. The molecule has 1 unspecified atom stereocenters. The maximum absolute atomic E-state index is 15.1. The number of hydrogen-bond acceptors (Lipinski definition) is 2. The fourth-order valence-corrected chi connectivity index (χ4v) is 3.05. The van der Waals surface area contributed by atoms with E-state index in [0.29, 0.717) is 22.0 Å². The van der Waals surface area contributed by atoms with Crippen molar-refractivity contribution in [3.63, 3.8) is 0 Å². The number of hydrogen-bond donors (Lipinski definition) is 0. The molecule has 2 aromatic carbocycles. The van der Waals surface area contributed by atoms with E-state index in [2.05, 4.69) is 4.98 Å². The fraction of sp³-hybridized carbons (Fsp3) is 0.167. The first kappa shape index (κ1) is 16.3. The second kappa shape index (κ2) is 5.41. The standard InChI is InChI=1S/C18H10ClF4NO/c19-11-2-5-15-10(7-11)1-6-16(24-15)18(22,23)17(9-25-17)13-4-3-12(20)8-14(13)21/h1-8H,9H2. The Bertz CT molecular complexity index is 988. The SMILES string of the molecule is Fc1ccc(C2(C(F)(F)c3ccc4cc(Cl)ccc4n3)CO2)c(F)c1. The van der Waals surface area contributed by atoms with Crippen molar-refractivity contribution in [2.24, 2.45) is 0 Å². The number of fused-ring (bicyclic) bond motifs is 1. The first-order valence-electron chi connectivity index (χ1n) is 7.38. The van der Waals surface area contributed by atoms with Crippen LogP contribution < -0.4 is 0 Å². The molecule has 3 aromatic rings. The quantitative estimate of drug-likeness (QED) is 0.470. The van der Waals surface area contributed by atoms with Crippen molar-refractivity contribution in [3.8, 4) is 0 Å². The Morgan fingerprint density at radius 2 is 1.80 bits per heavy atom. The second-order valence-corrected chi connectivity index (χ2v) is 6.28. The van der Waals surface area contributed by atoms with Crippen LogP contribution in [0.3, 0.4) is 0 Å². The highest BCUT2D eigenvalue weighted by atomic mass is 35.5. The molecular weight excluding hydrogens is 358 g/mol. The zero-order valence-electron chi connectivity index (χ0n) is 12.6. The van der Waals surface area contributed by atoms with Crippen molar-refractivity contribution in [2.45, 2.75) is 11.5 Å². The van der Waals surface area contributed by atoms with Crippen molar-refractivity contribution in [1.29, 1.82) is 0 Å². The van der Waals surface area contributed by atoms with Crippen LogP contribution in [0.15, 0.2) is 48.5 Å². The second-order valence-electron chi connectivity index (χ2n) is 5.85. The van der Waals surface area contributed by atoms with E-state index in [0.717, 1.165) is 18.2 Å². The first-order valence-corrected chi connectivity index (χ1v) is 7.75. The minimum Gasteiger partial charge on any atom is -0.357 e. The number of pyridine rings is 1. The molecule has 128 valence electrons. The molecule has 1 aromatic heterocycles. The summed E-state index contributed by atoms with van der Waals surface area (Å²) in [4.78, 5) is 3.98. The molecule has 2 heterocycles. The summed E-state index contributed by atoms with van der Waals surface area (Å²) in [5.74, 6) is -5.52. The molecule has 1 aliphatic heterocycles. The zero-order valence-corrected chi connectivity index (χ0v) is 13.3. The number of aromatic nitrogens is 1. The van der Waals surface area contributed by atoms with E-state index < -0.39 is 34.4 Å². The lowest BCUT2D eigenvalue weighted by molar-refractivity contribution is -0.0899. The molecule has 1 fully saturated rings. The summed E-state index contributed by atoms with van der Waals surface area (Å²) in [6, 6.07) is 9.76. The lowest BCUT2D eigenvalue weighted by atomic mass is 9.90. The first-order chi connectivity index (χ1) is 11.8. The average molecular weight is 368 g/mol. The van der Waals surface area contributed by atoms with Crippen molar-refractivity contribution in [1.82, 2.24) is 4.98 Å². The van der Waals surface area contributed by atoms with Crippen LogP contribution >= 0.6 is 11.6 Å². The van der Waals surface area contributed by atoms with E-state index in [1.54, 1.807) is 12.1 Å². The number of rotatable bonds is 3. The monoisotopic (exact) mass is 367 g/mol. The summed E-state index contributed by atoms with van der Waals surface area (Å²) >= 11 is 5.87. The molecule has 1 aliphatic rings. The van der Waals surface area contributed by atoms with Crippen molar-refractivity contribution >= 4 is 22.5 Å². The van der Waals surface area contributed by atoms with Crippen LogP contribution in [0.25, 0.3) is 10.9 Å². The number of ether oxygens (including phenoxy) is 1. The molecule has 4 rings (SSSR count). The normalized spacial score (nSPS) is 20.0. The Morgan fingerprint density at radius 3 is 2.48 bits per heavy atom. The summed E-state index contributed by atoms with van der Waals surface area (Å²) in [7, 11) is 0. The number of nitrogens with zero attached hydrogens (tertiary/aromatic N) is 1. The maximum atomic E-state index is 15.1. The van der Waals surface area contributed by atoms with Gasteiger partial charge in [0.1, 0.15) is 17.3 Å². The van der Waals surface area contributed by atoms with Gasteiger partial charge in [0.15, 0.2) is 5.60 Å². The molecule has 7 heteroatoms. The van der Waals surface area contributed by atoms with Gasteiger partial charge in [-0.05, 0) is 36.4 Å². The molecule has 0 saturated carbocycles. The highest BCUT2D eigenvalue weighted by Crippen LogP contribution is 2.56. The molecule has 0 amide bonds. The summed E-state index contributed by atoms with van der Waals surface area (Å²) in [5, 5.41) is 1.06. The van der Waals surface area contributed by atoms with Crippen LogP contribution in [-0.4, -0.2) is 11.6 Å². The number of benzene rings is 2. The largest absolute Gasteiger partial charge is 0.357 e. The Labute approximate surface area is 145 Å². The third-order valence-corrected chi connectivity index (χ3v) is 4.51. The molecule has 25 heavy (non-hydrogen) atoms. The van der Waals surface area contributed by atoms with Crippen LogP contribution in [-0.2, 0) is 16.3 Å². The van der Waals surface area contributed by atoms with E-state index >= 15 is 8.78 Å². The molecule has 0 radical (unpaired) electrons. The van der Waals surface area contributed by atoms with E-state index in [9.17, 15) is 8.78 Å². The molecule has 0 spiro atoms. The predicted molar refractivity (Wildman–Crippen MR) is 84.6 cm³/mol. The third kappa shape index (κ3) is 2.48. The molecule has 0 N–H and O–H groups in total. The minimum atomic E-state index is -3.60. The topological polar surface area (TPSA) is 25.4 Å². The number of epoxide rings is 1. The fourth-order valence-electron chi connectivity index (χ4n) is 2.87. The molecule has 1 saturated heterocycles. The van der Waals surface area contributed by atoms with Crippen LogP contribution in [0.5, 0.6) is 0 Å². The molecule has 0 aliphatic carbocycles. The minimum absolute atomic E-state index is 0.331. The van der Waals surface area contributed by atoms with E-state index in [1.165, 1.54) is 12.1 Å². The number of halogens is 5. The van der Waals surface area contributed by atoms with E-state index in [4.69, 9.17) is 16.3 Å². The zero-order chi connectivity index (χ0) is 17.8. The van der Waals surface area contributed by atoms with E-state index in [1.807, 2.05) is 0 Å². The summed E-state index contributed by atoms with van der Waals surface area (Å²) in [6.07, 6.45) is 0. The van der Waals surface area contributed by atoms with Gasteiger partial charge in [-0.15, -0.1) is 0 Å². The van der Waals surface area contributed by atoms with Crippen LogP contribution in [0.2, 0.25) is 5.02 Å². The molecule has 1 atom stereocenters. The smallest absolute Gasteiger partial charge is 0.324 e. The van der Waals surface area contributed by atoms with Crippen molar-refractivity contribution < 1.29 is 22.3 Å². The van der Waals surface area contributed by atoms with Gasteiger partial charge in [-0.2, -0.15) is 8.78 Å². The van der Waals surface area contributed by atoms with Gasteiger partial charge in [-0.25, -0.2) is 13.8 Å². The van der Waals surface area contributed by atoms with Gasteiger partial charge in [0.05, 0.1) is 12.1 Å². The Balaban J connectivity index is 1.82.